The molecule has 0 saturated carbocycles. The Morgan fingerprint density at radius 2 is 0.739 bits per heavy atom. The Kier molecular flexibility index (Phi) is 9.77. The molecule has 0 aliphatic carbocycles. The van der Waals surface area contributed by atoms with Crippen LogP contribution >= 0.6 is 0 Å². The van der Waals surface area contributed by atoms with E-state index in [0.717, 1.165) is 66.5 Å². The van der Waals surface area contributed by atoms with Crippen LogP contribution in [-0.2, 0) is 0 Å². The van der Waals surface area contributed by atoms with Gasteiger partial charge >= 0.3 is 0 Å². The van der Waals surface area contributed by atoms with Gasteiger partial charge in [-0.05, 0) is 74.3 Å². The summed E-state index contributed by atoms with van der Waals surface area (Å²) in [4.78, 5) is 16.0. The van der Waals surface area contributed by atoms with Crippen molar-refractivity contribution >= 4 is 72.6 Å². The van der Waals surface area contributed by atoms with Gasteiger partial charge in [0.15, 0.2) is 25.5 Å². The zero-order chi connectivity index (χ0) is 45.7. The average Bonchev–Trinajstić information content (AvgIpc) is 3.98. The summed E-state index contributed by atoms with van der Waals surface area (Å²) < 4.78 is 8.49. The lowest BCUT2D eigenvalue weighted by Gasteiger charge is -2.34. The molecule has 0 aliphatic rings. The van der Waals surface area contributed by atoms with Crippen molar-refractivity contribution in [1.82, 2.24) is 19.5 Å². The summed E-state index contributed by atoms with van der Waals surface area (Å²) in [5.41, 5.74) is 10.0. The zero-order valence-corrected chi connectivity index (χ0v) is 38.4. The first-order chi connectivity index (χ1) is 34.2. The number of benzene rings is 10. The van der Waals surface area contributed by atoms with Gasteiger partial charge < -0.3 is 8.98 Å². The van der Waals surface area contributed by atoms with Crippen molar-refractivity contribution in [1.29, 1.82) is 0 Å². The minimum absolute atomic E-state index is 0.599. The molecule has 0 fully saturated rings. The van der Waals surface area contributed by atoms with Crippen LogP contribution in [0.25, 0.3) is 94.7 Å². The monoisotopic (exact) mass is 898 g/mol. The van der Waals surface area contributed by atoms with E-state index in [1.165, 1.54) is 31.5 Å². The molecule has 324 valence electrons. The molecule has 6 heteroatoms. The van der Waals surface area contributed by atoms with Crippen LogP contribution in [0, 0.1) is 0 Å². The van der Waals surface area contributed by atoms with Crippen LogP contribution in [0.3, 0.4) is 0 Å². The minimum Gasteiger partial charge on any atom is -0.456 e. The Labute approximate surface area is 400 Å². The Bertz CT molecular complexity index is 3860. The van der Waals surface area contributed by atoms with E-state index in [0.29, 0.717) is 17.5 Å². The fraction of sp³-hybridized carbons (Fsp3) is 0. The van der Waals surface area contributed by atoms with Crippen molar-refractivity contribution in [3.63, 3.8) is 0 Å². The predicted octanol–water partition coefficient (Wildman–Crippen LogP) is 12.9. The Balaban J connectivity index is 0.986. The van der Waals surface area contributed by atoms with Crippen molar-refractivity contribution in [3.8, 4) is 51.0 Å². The first kappa shape index (κ1) is 40.3. The van der Waals surface area contributed by atoms with Gasteiger partial charge in [0, 0.05) is 43.9 Å². The second kappa shape index (κ2) is 16.7. The normalized spacial score (nSPS) is 11.8. The summed E-state index contributed by atoms with van der Waals surface area (Å²) in [6.45, 7) is 0. The molecule has 3 heterocycles. The van der Waals surface area contributed by atoms with Crippen LogP contribution in [0.5, 0.6) is 0 Å². The third-order valence-electron chi connectivity index (χ3n) is 13.6. The molecular weight excluding hydrogens is 857 g/mol. The van der Waals surface area contributed by atoms with Crippen LogP contribution in [-0.4, -0.2) is 27.6 Å². The summed E-state index contributed by atoms with van der Waals surface area (Å²) in [7, 11) is -2.85. The maximum absolute atomic E-state index is 6.15. The van der Waals surface area contributed by atoms with Gasteiger partial charge in [-0.3, -0.25) is 0 Å². The van der Waals surface area contributed by atoms with Gasteiger partial charge in [-0.25, -0.2) is 15.0 Å². The fourth-order valence-electron chi connectivity index (χ4n) is 10.4. The first-order valence-corrected chi connectivity index (χ1v) is 25.3. The van der Waals surface area contributed by atoms with Gasteiger partial charge in [0.25, 0.3) is 0 Å². The smallest absolute Gasteiger partial charge is 0.179 e. The number of aromatic nitrogens is 4. The molecule has 0 bridgehead atoms. The summed E-state index contributed by atoms with van der Waals surface area (Å²) in [6.07, 6.45) is 0. The van der Waals surface area contributed by atoms with E-state index in [2.05, 4.69) is 247 Å². The topological polar surface area (TPSA) is 56.7 Å². The molecule has 0 N–H and O–H groups in total. The SMILES string of the molecule is c1ccc([Si](c2ccccc2)(c2ccccc2)c2cccc(-c3nc(-c4ccc(-c5ccc6oc7ccccc7c6c5)cc4)nc(-c4cccc(-n5c6ccccc6c6ccccc65)c4)n3)c2)cc1. The van der Waals surface area contributed by atoms with E-state index in [9.17, 15) is 0 Å². The lowest BCUT2D eigenvalue weighted by atomic mass is 10.0. The number of hydrogen-bond acceptors (Lipinski definition) is 4. The summed E-state index contributed by atoms with van der Waals surface area (Å²) in [5.74, 6) is 1.81. The number of rotatable bonds is 9. The van der Waals surface area contributed by atoms with E-state index in [1.807, 2.05) is 12.1 Å². The van der Waals surface area contributed by atoms with Crippen molar-refractivity contribution < 1.29 is 4.42 Å². The Morgan fingerprint density at radius 1 is 0.290 bits per heavy atom. The van der Waals surface area contributed by atoms with Crippen molar-refractivity contribution in [2.75, 3.05) is 0 Å². The molecule has 5 nitrogen and oxygen atoms in total. The number of hydrogen-bond donors (Lipinski definition) is 0. The van der Waals surface area contributed by atoms with E-state index in [-0.39, 0.29) is 0 Å². The number of para-hydroxylation sites is 3. The highest BCUT2D eigenvalue weighted by molar-refractivity contribution is 7.19. The standard InChI is InChI=1S/C63H42N4OSi/c1-4-21-49(22-5-1)69(50-23-6-2-7-24-50,51-25-8-3-9-26-51)52-27-17-19-47(41-52)63-65-61(44-36-34-43(35-37-44)45-38-39-60-56(42-45)55-30-12-15-33-59(55)68-60)64-62(66-63)46-18-16-20-48(40-46)67-57-31-13-10-28-53(57)54-29-11-14-32-58(54)67/h1-42H. The number of fused-ring (bicyclic) bond motifs is 6. The lowest BCUT2D eigenvalue weighted by molar-refractivity contribution is 0.669. The van der Waals surface area contributed by atoms with Crippen LogP contribution in [0.4, 0.5) is 0 Å². The largest absolute Gasteiger partial charge is 0.456 e. The van der Waals surface area contributed by atoms with Gasteiger partial charge in [-0.15, -0.1) is 0 Å². The number of furan rings is 1. The van der Waals surface area contributed by atoms with Crippen molar-refractivity contribution in [3.05, 3.63) is 255 Å². The molecule has 0 radical (unpaired) electrons. The quantitative estimate of drug-likeness (QED) is 0.107. The molecular formula is C63H42N4OSi. The van der Waals surface area contributed by atoms with E-state index < -0.39 is 8.07 Å². The molecule has 0 amide bonds. The van der Waals surface area contributed by atoms with Gasteiger partial charge in [-0.2, -0.15) is 0 Å². The zero-order valence-electron chi connectivity index (χ0n) is 37.4. The van der Waals surface area contributed by atoms with E-state index >= 15 is 0 Å². The number of nitrogens with zero attached hydrogens (tertiary/aromatic N) is 4. The maximum Gasteiger partial charge on any atom is 0.179 e. The third-order valence-corrected chi connectivity index (χ3v) is 18.4. The summed E-state index contributed by atoms with van der Waals surface area (Å²) >= 11 is 0. The van der Waals surface area contributed by atoms with E-state index in [1.54, 1.807) is 0 Å². The summed E-state index contributed by atoms with van der Waals surface area (Å²) in [5, 5.41) is 9.79. The van der Waals surface area contributed by atoms with Gasteiger partial charge in [0.1, 0.15) is 11.2 Å². The second-order valence-corrected chi connectivity index (χ2v) is 21.4. The highest BCUT2D eigenvalue weighted by Crippen LogP contribution is 2.35. The average molecular weight is 899 g/mol. The predicted molar refractivity (Wildman–Crippen MR) is 287 cm³/mol. The van der Waals surface area contributed by atoms with Crippen LogP contribution in [0.2, 0.25) is 0 Å². The van der Waals surface area contributed by atoms with Crippen LogP contribution < -0.4 is 20.7 Å². The fourth-order valence-corrected chi connectivity index (χ4v) is 15.2. The molecule has 13 rings (SSSR count). The van der Waals surface area contributed by atoms with E-state index in [4.69, 9.17) is 19.4 Å². The molecule has 69 heavy (non-hydrogen) atoms. The first-order valence-electron chi connectivity index (χ1n) is 23.3. The van der Waals surface area contributed by atoms with Crippen LogP contribution in [0.1, 0.15) is 0 Å². The molecule has 3 aromatic heterocycles. The maximum atomic E-state index is 6.15. The minimum atomic E-state index is -2.85. The van der Waals surface area contributed by atoms with Crippen molar-refractivity contribution in [2.45, 2.75) is 0 Å². The van der Waals surface area contributed by atoms with Gasteiger partial charge in [0.2, 0.25) is 0 Å². The molecule has 0 aliphatic heterocycles. The van der Waals surface area contributed by atoms with Crippen molar-refractivity contribution in [2.24, 2.45) is 0 Å². The summed E-state index contributed by atoms with van der Waals surface area (Å²) in [6, 6.07) is 90.9. The van der Waals surface area contributed by atoms with Crippen LogP contribution in [0.15, 0.2) is 259 Å². The molecule has 0 atom stereocenters. The Hall–Kier alpha value is -8.97. The molecule has 0 saturated heterocycles. The highest BCUT2D eigenvalue weighted by atomic mass is 28.3. The highest BCUT2D eigenvalue weighted by Gasteiger charge is 2.41. The van der Waals surface area contributed by atoms with Gasteiger partial charge in [-0.1, -0.05) is 212 Å². The molecule has 0 unspecified atom stereocenters. The van der Waals surface area contributed by atoms with Gasteiger partial charge in [0.05, 0.1) is 11.0 Å². The molecule has 13 aromatic rings. The third kappa shape index (κ3) is 6.88. The Morgan fingerprint density at radius 3 is 1.35 bits per heavy atom. The second-order valence-electron chi connectivity index (χ2n) is 17.5. The molecule has 0 spiro atoms. The lowest BCUT2D eigenvalue weighted by Crippen LogP contribution is -2.74. The molecule has 10 aromatic carbocycles.